The van der Waals surface area contributed by atoms with Gasteiger partial charge in [-0.15, -0.1) is 0 Å². The van der Waals surface area contributed by atoms with Crippen molar-refractivity contribution < 1.29 is 18.3 Å². The van der Waals surface area contributed by atoms with Crippen molar-refractivity contribution in [2.24, 2.45) is 11.8 Å². The highest BCUT2D eigenvalue weighted by molar-refractivity contribution is 5.81. The molecule has 2 saturated heterocycles. The highest BCUT2D eigenvalue weighted by Gasteiger charge is 2.28. The smallest absolute Gasteiger partial charge is 0.296 e. The number of rotatable bonds is 8. The third kappa shape index (κ3) is 5.95. The summed E-state index contributed by atoms with van der Waals surface area (Å²) in [5.74, 6) is 2.10. The summed E-state index contributed by atoms with van der Waals surface area (Å²) in [5, 5.41) is 6.85. The molecule has 1 aliphatic carbocycles. The molecule has 0 spiro atoms. The quantitative estimate of drug-likeness (QED) is 0.420. The Morgan fingerprint density at radius 3 is 2.58 bits per heavy atom. The first-order valence-corrected chi connectivity index (χ1v) is 14.5. The number of Topliss-reactive ketones (excluding diaryl/α,β-unsaturated/α-hetero) is 1. The summed E-state index contributed by atoms with van der Waals surface area (Å²) in [6.45, 7) is 4.32. The molecule has 0 unspecified atom stereocenters. The number of ketones is 1. The van der Waals surface area contributed by atoms with Crippen LogP contribution in [0.25, 0.3) is 16.9 Å². The average molecular weight is 554 g/mol. The molecule has 0 bridgehead atoms. The summed E-state index contributed by atoms with van der Waals surface area (Å²) in [5.41, 5.74) is 1.07. The first kappa shape index (κ1) is 27.0. The number of morpholine rings is 1. The Morgan fingerprint density at radius 2 is 1.82 bits per heavy atom. The Morgan fingerprint density at radius 1 is 1.05 bits per heavy atom. The van der Waals surface area contributed by atoms with E-state index in [9.17, 15) is 13.6 Å². The molecule has 1 aromatic carbocycles. The van der Waals surface area contributed by atoms with Crippen molar-refractivity contribution >= 4 is 28.6 Å². The number of aromatic nitrogens is 4. The second kappa shape index (κ2) is 12.1. The van der Waals surface area contributed by atoms with Gasteiger partial charge in [0.15, 0.2) is 5.82 Å². The van der Waals surface area contributed by atoms with E-state index in [1.54, 1.807) is 24.3 Å². The number of ether oxygens (including phenoxy) is 1. The molecule has 0 radical (unpaired) electrons. The summed E-state index contributed by atoms with van der Waals surface area (Å²) in [7, 11) is 0. The number of nitrogens with zero attached hydrogens (tertiary/aromatic N) is 5. The number of piperidine rings is 1. The van der Waals surface area contributed by atoms with E-state index < -0.39 is 6.43 Å². The van der Waals surface area contributed by atoms with Gasteiger partial charge in [0.25, 0.3) is 6.43 Å². The van der Waals surface area contributed by atoms with Crippen LogP contribution >= 0.6 is 0 Å². The number of carbonyl (C=O) groups excluding carboxylic acids is 1. The van der Waals surface area contributed by atoms with Gasteiger partial charge in [0.1, 0.15) is 17.4 Å². The molecule has 6 rings (SSSR count). The van der Waals surface area contributed by atoms with Crippen molar-refractivity contribution in [3.8, 4) is 5.82 Å². The van der Waals surface area contributed by atoms with Gasteiger partial charge in [-0.05, 0) is 63.1 Å². The number of halogens is 2. The molecule has 9 nitrogen and oxygen atoms in total. The van der Waals surface area contributed by atoms with Crippen LogP contribution in [-0.2, 0) is 9.53 Å². The number of hydrogen-bond donors (Lipinski definition) is 2. The molecule has 1 saturated carbocycles. The van der Waals surface area contributed by atoms with Crippen LogP contribution < -0.4 is 15.5 Å². The molecule has 1 atom stereocenters. The van der Waals surface area contributed by atoms with Crippen molar-refractivity contribution in [3.63, 3.8) is 0 Å². The van der Waals surface area contributed by atoms with Crippen LogP contribution in [0.4, 0.5) is 20.5 Å². The summed E-state index contributed by atoms with van der Waals surface area (Å²) >= 11 is 0. The van der Waals surface area contributed by atoms with Crippen molar-refractivity contribution in [3.05, 3.63) is 36.2 Å². The van der Waals surface area contributed by atoms with E-state index in [4.69, 9.17) is 14.7 Å². The van der Waals surface area contributed by atoms with E-state index in [0.717, 1.165) is 51.6 Å². The Balaban J connectivity index is 1.22. The van der Waals surface area contributed by atoms with E-state index in [-0.39, 0.29) is 17.8 Å². The number of para-hydroxylation sites is 2. The molecule has 40 heavy (non-hydrogen) atoms. The Hall–Kier alpha value is -3.18. The Kier molecular flexibility index (Phi) is 8.20. The number of alkyl halides is 2. The minimum absolute atomic E-state index is 0.157. The maximum Gasteiger partial charge on any atom is 0.296 e. The average Bonchev–Trinajstić information content (AvgIpc) is 3.39. The van der Waals surface area contributed by atoms with Crippen LogP contribution in [0.5, 0.6) is 0 Å². The van der Waals surface area contributed by atoms with Crippen LogP contribution in [0.2, 0.25) is 0 Å². The molecule has 3 fully saturated rings. The monoisotopic (exact) mass is 553 g/mol. The predicted octanol–water partition coefficient (Wildman–Crippen LogP) is 4.52. The molecule has 11 heteroatoms. The van der Waals surface area contributed by atoms with Gasteiger partial charge in [-0.25, -0.2) is 13.8 Å². The summed E-state index contributed by atoms with van der Waals surface area (Å²) in [6.07, 6.45) is 3.76. The minimum Gasteiger partial charge on any atom is -0.378 e. The van der Waals surface area contributed by atoms with Crippen LogP contribution in [-0.4, -0.2) is 70.7 Å². The van der Waals surface area contributed by atoms with Crippen molar-refractivity contribution in [2.45, 2.75) is 57.4 Å². The van der Waals surface area contributed by atoms with Crippen LogP contribution in [0, 0.1) is 11.8 Å². The zero-order chi connectivity index (χ0) is 27.5. The molecule has 3 aliphatic rings. The second-order valence-electron chi connectivity index (χ2n) is 11.2. The van der Waals surface area contributed by atoms with E-state index in [2.05, 4.69) is 20.5 Å². The van der Waals surface area contributed by atoms with Crippen LogP contribution in [0.15, 0.2) is 30.3 Å². The van der Waals surface area contributed by atoms with Gasteiger partial charge in [-0.3, -0.25) is 9.36 Å². The standard InChI is InChI=1S/C29H37F2N7O2/c30-27(31)28-34-22-5-1-2-6-23(22)38(28)26-17-25(37-12-14-40-15-13-37)35-29(36-26)33-21-9-7-19(8-10-21)16-24(39)20-4-3-11-32-18-20/h1-2,5-6,17,19-21,27,32H,3-4,7-16,18H2,(H,33,35,36)/t19?,20-,21?/m1/s1. The van der Waals surface area contributed by atoms with Gasteiger partial charge in [0.05, 0.1) is 24.2 Å². The third-order valence-electron chi connectivity index (χ3n) is 8.47. The summed E-state index contributed by atoms with van der Waals surface area (Å²) < 4.78 is 35.2. The molecular weight excluding hydrogens is 516 g/mol. The van der Waals surface area contributed by atoms with E-state index in [0.29, 0.717) is 73.0 Å². The molecule has 2 aromatic heterocycles. The molecule has 2 aliphatic heterocycles. The fourth-order valence-corrected chi connectivity index (χ4v) is 6.26. The highest BCUT2D eigenvalue weighted by atomic mass is 19.3. The first-order valence-electron chi connectivity index (χ1n) is 14.5. The molecule has 0 amide bonds. The number of benzene rings is 1. The number of hydrogen-bond acceptors (Lipinski definition) is 8. The zero-order valence-electron chi connectivity index (χ0n) is 22.7. The first-order chi connectivity index (χ1) is 19.5. The van der Waals surface area contributed by atoms with Gasteiger partial charge in [-0.1, -0.05) is 12.1 Å². The van der Waals surface area contributed by atoms with Crippen molar-refractivity contribution in [1.29, 1.82) is 0 Å². The molecular formula is C29H37F2N7O2. The lowest BCUT2D eigenvalue weighted by Crippen LogP contribution is -2.37. The summed E-state index contributed by atoms with van der Waals surface area (Å²) in [4.78, 5) is 28.6. The lowest BCUT2D eigenvalue weighted by atomic mass is 9.80. The van der Waals surface area contributed by atoms with Crippen molar-refractivity contribution in [2.75, 3.05) is 49.6 Å². The maximum absolute atomic E-state index is 14.1. The van der Waals surface area contributed by atoms with Crippen molar-refractivity contribution in [1.82, 2.24) is 24.8 Å². The normalized spacial score (nSPS) is 24.0. The minimum atomic E-state index is -2.76. The Bertz CT molecular complexity index is 1310. The van der Waals surface area contributed by atoms with Gasteiger partial charge in [0, 0.05) is 44.1 Å². The Labute approximate surface area is 232 Å². The highest BCUT2D eigenvalue weighted by Crippen LogP contribution is 2.32. The van der Waals surface area contributed by atoms with E-state index >= 15 is 0 Å². The predicted molar refractivity (Wildman–Crippen MR) is 149 cm³/mol. The number of imidazole rings is 1. The third-order valence-corrected chi connectivity index (χ3v) is 8.47. The molecule has 214 valence electrons. The second-order valence-corrected chi connectivity index (χ2v) is 11.2. The fraction of sp³-hybridized carbons (Fsp3) is 0.586. The SMILES string of the molecule is O=C(CC1CCC(Nc2nc(N3CCOCC3)cc(-n3c(C(F)F)nc4ccccc43)n2)CC1)[C@@H]1CCCNC1. The topological polar surface area (TPSA) is 97.2 Å². The van der Waals surface area contributed by atoms with Gasteiger partial charge >= 0.3 is 0 Å². The fourth-order valence-electron chi connectivity index (χ4n) is 6.26. The number of carbonyl (C=O) groups is 1. The number of fused-ring (bicyclic) bond motifs is 1. The molecule has 3 aromatic rings. The van der Waals surface area contributed by atoms with Gasteiger partial charge in [0.2, 0.25) is 5.95 Å². The lowest BCUT2D eigenvalue weighted by molar-refractivity contribution is -0.124. The molecule has 2 N–H and O–H groups in total. The van der Waals surface area contributed by atoms with Crippen LogP contribution in [0.3, 0.4) is 0 Å². The largest absolute Gasteiger partial charge is 0.378 e. The van der Waals surface area contributed by atoms with E-state index in [1.807, 2.05) is 6.07 Å². The summed E-state index contributed by atoms with van der Waals surface area (Å²) in [6, 6.07) is 9.03. The maximum atomic E-state index is 14.1. The van der Waals surface area contributed by atoms with E-state index in [1.165, 1.54) is 4.57 Å². The lowest BCUT2D eigenvalue weighted by Gasteiger charge is -2.31. The zero-order valence-corrected chi connectivity index (χ0v) is 22.7. The van der Waals surface area contributed by atoms with Gasteiger partial charge in [-0.2, -0.15) is 9.97 Å². The number of anilines is 2. The number of nitrogens with one attached hydrogen (secondary N) is 2. The van der Waals surface area contributed by atoms with Crippen LogP contribution in [0.1, 0.15) is 57.2 Å². The van der Waals surface area contributed by atoms with Gasteiger partial charge < -0.3 is 20.3 Å². The molecule has 4 heterocycles.